The Morgan fingerprint density at radius 1 is 1.00 bits per heavy atom. The molecule has 0 heterocycles. The van der Waals surface area contributed by atoms with Gasteiger partial charge in [0.1, 0.15) is 11.6 Å². The number of aryl methyl sites for hydroxylation is 2. The molecule has 2 rings (SSSR count). The van der Waals surface area contributed by atoms with E-state index in [9.17, 15) is 8.78 Å². The molecule has 18 heavy (non-hydrogen) atoms. The molecule has 0 bridgehead atoms. The Morgan fingerprint density at radius 3 is 2.17 bits per heavy atom. The van der Waals surface area contributed by atoms with Crippen LogP contribution in [0.1, 0.15) is 28.3 Å². The van der Waals surface area contributed by atoms with Crippen LogP contribution in [-0.4, -0.2) is 0 Å². The Labute approximate surface area is 105 Å². The molecule has 3 heteroatoms. The van der Waals surface area contributed by atoms with Crippen LogP contribution in [0, 0.1) is 25.5 Å². The fourth-order valence-corrected chi connectivity index (χ4v) is 2.23. The van der Waals surface area contributed by atoms with Crippen LogP contribution in [-0.2, 0) is 0 Å². The van der Waals surface area contributed by atoms with Crippen molar-refractivity contribution in [3.63, 3.8) is 0 Å². The van der Waals surface area contributed by atoms with Gasteiger partial charge in [0, 0.05) is 11.6 Å². The lowest BCUT2D eigenvalue weighted by Crippen LogP contribution is -2.16. The molecule has 0 saturated heterocycles. The molecular formula is C15H15F2N. The van der Waals surface area contributed by atoms with Crippen molar-refractivity contribution in [3.8, 4) is 0 Å². The zero-order chi connectivity index (χ0) is 13.3. The van der Waals surface area contributed by atoms with Crippen LogP contribution < -0.4 is 5.73 Å². The lowest BCUT2D eigenvalue weighted by atomic mass is 9.92. The molecule has 94 valence electrons. The van der Waals surface area contributed by atoms with E-state index < -0.39 is 17.7 Å². The van der Waals surface area contributed by atoms with Gasteiger partial charge in [-0.15, -0.1) is 0 Å². The van der Waals surface area contributed by atoms with Crippen LogP contribution in [0.15, 0.2) is 36.4 Å². The number of hydrogen-bond donors (Lipinski definition) is 1. The molecule has 2 aromatic rings. The van der Waals surface area contributed by atoms with Crippen LogP contribution in [0.4, 0.5) is 8.78 Å². The molecule has 2 N–H and O–H groups in total. The first kappa shape index (κ1) is 12.7. The fourth-order valence-electron chi connectivity index (χ4n) is 2.23. The molecule has 0 spiro atoms. The molecule has 0 aliphatic heterocycles. The van der Waals surface area contributed by atoms with Gasteiger partial charge in [-0.1, -0.05) is 24.3 Å². The molecule has 1 nitrogen and oxygen atoms in total. The van der Waals surface area contributed by atoms with Gasteiger partial charge in [-0.25, -0.2) is 8.78 Å². The van der Waals surface area contributed by atoms with Gasteiger partial charge in [-0.2, -0.15) is 0 Å². The maximum absolute atomic E-state index is 13.7. The zero-order valence-electron chi connectivity index (χ0n) is 10.4. The first-order valence-corrected chi connectivity index (χ1v) is 5.77. The maximum atomic E-state index is 13.7. The Kier molecular flexibility index (Phi) is 3.43. The van der Waals surface area contributed by atoms with Crippen molar-refractivity contribution in [3.05, 3.63) is 70.3 Å². The number of halogens is 2. The highest BCUT2D eigenvalue weighted by atomic mass is 19.1. The molecule has 0 saturated carbocycles. The summed E-state index contributed by atoms with van der Waals surface area (Å²) >= 11 is 0. The van der Waals surface area contributed by atoms with E-state index in [4.69, 9.17) is 5.73 Å². The highest BCUT2D eigenvalue weighted by Crippen LogP contribution is 2.27. The minimum absolute atomic E-state index is 0.314. The second-order valence-electron chi connectivity index (χ2n) is 4.45. The summed E-state index contributed by atoms with van der Waals surface area (Å²) < 4.78 is 26.6. The molecule has 0 fully saturated rings. The highest BCUT2D eigenvalue weighted by Gasteiger charge is 2.17. The van der Waals surface area contributed by atoms with Crippen LogP contribution in [0.3, 0.4) is 0 Å². The van der Waals surface area contributed by atoms with Crippen LogP contribution in [0.5, 0.6) is 0 Å². The summed E-state index contributed by atoms with van der Waals surface area (Å²) in [5.41, 5.74) is 9.32. The standard InChI is InChI=1S/C15H15F2N/c1-9-4-3-5-10(2)14(9)15(18)12-7-6-11(16)8-13(12)17/h3-8,15H,18H2,1-2H3. The van der Waals surface area contributed by atoms with Crippen molar-refractivity contribution >= 4 is 0 Å². The molecule has 0 aliphatic carbocycles. The lowest BCUT2D eigenvalue weighted by Gasteiger charge is -2.18. The SMILES string of the molecule is Cc1cccc(C)c1C(N)c1ccc(F)cc1F. The Hall–Kier alpha value is -1.74. The Balaban J connectivity index is 2.51. The van der Waals surface area contributed by atoms with Gasteiger partial charge >= 0.3 is 0 Å². The molecule has 2 aromatic carbocycles. The van der Waals surface area contributed by atoms with E-state index >= 15 is 0 Å². The van der Waals surface area contributed by atoms with E-state index in [1.807, 2.05) is 32.0 Å². The second-order valence-corrected chi connectivity index (χ2v) is 4.45. The van der Waals surface area contributed by atoms with Crippen LogP contribution in [0.25, 0.3) is 0 Å². The Morgan fingerprint density at radius 2 is 1.61 bits per heavy atom. The predicted octanol–water partition coefficient (Wildman–Crippen LogP) is 3.63. The normalized spacial score (nSPS) is 12.5. The van der Waals surface area contributed by atoms with E-state index in [-0.39, 0.29) is 0 Å². The van der Waals surface area contributed by atoms with Gasteiger partial charge in [0.2, 0.25) is 0 Å². The largest absolute Gasteiger partial charge is 0.320 e. The van der Waals surface area contributed by atoms with Crippen molar-refractivity contribution in [2.45, 2.75) is 19.9 Å². The minimum Gasteiger partial charge on any atom is -0.320 e. The summed E-state index contributed by atoms with van der Waals surface area (Å²) in [6, 6.07) is 8.72. The molecule has 0 aromatic heterocycles. The highest BCUT2D eigenvalue weighted by molar-refractivity contribution is 5.41. The second kappa shape index (κ2) is 4.86. The quantitative estimate of drug-likeness (QED) is 0.861. The first-order chi connectivity index (χ1) is 8.50. The van der Waals surface area contributed by atoms with Gasteiger partial charge in [0.15, 0.2) is 0 Å². The van der Waals surface area contributed by atoms with Gasteiger partial charge < -0.3 is 5.73 Å². The van der Waals surface area contributed by atoms with Crippen molar-refractivity contribution in [2.24, 2.45) is 5.73 Å². The summed E-state index contributed by atoms with van der Waals surface area (Å²) in [7, 11) is 0. The van der Waals surface area contributed by atoms with Crippen molar-refractivity contribution in [1.29, 1.82) is 0 Å². The molecule has 0 amide bonds. The fraction of sp³-hybridized carbons (Fsp3) is 0.200. The summed E-state index contributed by atoms with van der Waals surface area (Å²) in [5, 5.41) is 0. The third-order valence-electron chi connectivity index (χ3n) is 3.15. The lowest BCUT2D eigenvalue weighted by molar-refractivity contribution is 0.565. The van der Waals surface area contributed by atoms with Gasteiger partial charge in [-0.3, -0.25) is 0 Å². The monoisotopic (exact) mass is 247 g/mol. The molecule has 1 unspecified atom stereocenters. The van der Waals surface area contributed by atoms with Gasteiger partial charge in [0.25, 0.3) is 0 Å². The topological polar surface area (TPSA) is 26.0 Å². The minimum atomic E-state index is -0.606. The smallest absolute Gasteiger partial charge is 0.131 e. The number of benzene rings is 2. The average molecular weight is 247 g/mol. The van der Waals surface area contributed by atoms with E-state index in [1.54, 1.807) is 0 Å². The zero-order valence-corrected chi connectivity index (χ0v) is 10.4. The van der Waals surface area contributed by atoms with E-state index in [0.717, 1.165) is 22.8 Å². The number of hydrogen-bond acceptors (Lipinski definition) is 1. The summed E-state index contributed by atoms with van der Waals surface area (Å²) in [5.74, 6) is -1.20. The van der Waals surface area contributed by atoms with E-state index in [0.29, 0.717) is 5.56 Å². The van der Waals surface area contributed by atoms with Gasteiger partial charge in [-0.05, 0) is 36.6 Å². The van der Waals surface area contributed by atoms with E-state index in [2.05, 4.69) is 0 Å². The van der Waals surface area contributed by atoms with Crippen molar-refractivity contribution in [2.75, 3.05) is 0 Å². The molecule has 0 radical (unpaired) electrons. The van der Waals surface area contributed by atoms with Crippen molar-refractivity contribution < 1.29 is 8.78 Å². The Bertz CT molecular complexity index is 558. The van der Waals surface area contributed by atoms with Crippen molar-refractivity contribution in [1.82, 2.24) is 0 Å². The van der Waals surface area contributed by atoms with Gasteiger partial charge in [0.05, 0.1) is 6.04 Å². The number of rotatable bonds is 2. The van der Waals surface area contributed by atoms with E-state index in [1.165, 1.54) is 12.1 Å². The number of nitrogens with two attached hydrogens (primary N) is 1. The average Bonchev–Trinajstić information content (AvgIpc) is 2.28. The summed E-state index contributed by atoms with van der Waals surface area (Å²) in [6.07, 6.45) is 0. The summed E-state index contributed by atoms with van der Waals surface area (Å²) in [6.45, 7) is 3.87. The molecular weight excluding hydrogens is 232 g/mol. The predicted molar refractivity (Wildman–Crippen MR) is 68.3 cm³/mol. The van der Waals surface area contributed by atoms with Crippen LogP contribution in [0.2, 0.25) is 0 Å². The molecule has 1 atom stereocenters. The van der Waals surface area contributed by atoms with Crippen LogP contribution >= 0.6 is 0 Å². The third kappa shape index (κ3) is 2.27. The first-order valence-electron chi connectivity index (χ1n) is 5.77. The maximum Gasteiger partial charge on any atom is 0.131 e. The molecule has 0 aliphatic rings. The summed E-state index contributed by atoms with van der Waals surface area (Å²) in [4.78, 5) is 0. The third-order valence-corrected chi connectivity index (χ3v) is 3.15.